The van der Waals surface area contributed by atoms with E-state index in [0.29, 0.717) is 17.1 Å². The summed E-state index contributed by atoms with van der Waals surface area (Å²) in [5.41, 5.74) is 0.726. The summed E-state index contributed by atoms with van der Waals surface area (Å²) >= 11 is 3.38. The van der Waals surface area contributed by atoms with Gasteiger partial charge in [-0.2, -0.15) is 0 Å². The van der Waals surface area contributed by atoms with Crippen molar-refractivity contribution < 1.29 is 9.84 Å². The fraction of sp³-hybridized carbons (Fsp3) is 0.364. The van der Waals surface area contributed by atoms with Crippen molar-refractivity contribution in [3.05, 3.63) is 28.8 Å². The van der Waals surface area contributed by atoms with Crippen LogP contribution in [0.15, 0.2) is 22.9 Å². The van der Waals surface area contributed by atoms with Crippen molar-refractivity contribution in [3.8, 4) is 5.75 Å². The number of rotatable bonds is 1. The van der Waals surface area contributed by atoms with Crippen molar-refractivity contribution in [1.82, 2.24) is 9.38 Å². The Morgan fingerprint density at radius 2 is 2.44 bits per heavy atom. The molecule has 2 aromatic rings. The molecule has 1 N–H and O–H groups in total. The van der Waals surface area contributed by atoms with E-state index in [9.17, 15) is 5.11 Å². The third-order valence-electron chi connectivity index (χ3n) is 2.92. The Hall–Kier alpha value is -1.07. The molecule has 0 bridgehead atoms. The third-order valence-corrected chi connectivity index (χ3v) is 3.48. The van der Waals surface area contributed by atoms with Gasteiger partial charge in [-0.1, -0.05) is 0 Å². The Bertz CT molecular complexity index is 532. The van der Waals surface area contributed by atoms with E-state index < -0.39 is 0 Å². The maximum Gasteiger partial charge on any atom is 0.142 e. The minimum Gasteiger partial charge on any atom is -0.506 e. The number of aromatic hydroxyl groups is 1. The smallest absolute Gasteiger partial charge is 0.142 e. The topological polar surface area (TPSA) is 46.8 Å². The normalized spacial score (nSPS) is 20.7. The number of nitrogens with zero attached hydrogens (tertiary/aromatic N) is 2. The summed E-state index contributed by atoms with van der Waals surface area (Å²) in [6.07, 6.45) is 2.90. The molecule has 4 nitrogen and oxygen atoms in total. The number of aromatic nitrogens is 2. The molecule has 0 radical (unpaired) electrons. The van der Waals surface area contributed by atoms with Crippen LogP contribution in [-0.2, 0) is 4.74 Å². The summed E-state index contributed by atoms with van der Waals surface area (Å²) in [4.78, 5) is 4.47. The Balaban J connectivity index is 2.22. The Morgan fingerprint density at radius 3 is 3.19 bits per heavy atom. The lowest BCUT2D eigenvalue weighted by atomic mass is 10.1. The van der Waals surface area contributed by atoms with Crippen LogP contribution in [0.5, 0.6) is 5.75 Å². The van der Waals surface area contributed by atoms with Gasteiger partial charge in [-0.3, -0.25) is 4.40 Å². The van der Waals surface area contributed by atoms with Crippen LogP contribution in [0.1, 0.15) is 18.2 Å². The first-order valence-corrected chi connectivity index (χ1v) is 6.00. The lowest BCUT2D eigenvalue weighted by Gasteiger charge is -2.06. The first-order chi connectivity index (χ1) is 7.77. The number of halogens is 1. The van der Waals surface area contributed by atoms with Crippen LogP contribution in [0.2, 0.25) is 0 Å². The lowest BCUT2D eigenvalue weighted by molar-refractivity contribution is 0.193. The first kappa shape index (κ1) is 10.1. The van der Waals surface area contributed by atoms with Gasteiger partial charge in [-0.15, -0.1) is 0 Å². The summed E-state index contributed by atoms with van der Waals surface area (Å²) in [5.74, 6) is 1.52. The van der Waals surface area contributed by atoms with Gasteiger partial charge in [-0.05, 0) is 34.5 Å². The van der Waals surface area contributed by atoms with Gasteiger partial charge in [0.05, 0.1) is 6.61 Å². The van der Waals surface area contributed by atoms with E-state index in [0.717, 1.165) is 24.4 Å². The van der Waals surface area contributed by atoms with Crippen molar-refractivity contribution in [2.45, 2.75) is 12.3 Å². The lowest BCUT2D eigenvalue weighted by Crippen LogP contribution is -2.03. The largest absolute Gasteiger partial charge is 0.506 e. The predicted octanol–water partition coefficient (Wildman–Crippen LogP) is 2.31. The van der Waals surface area contributed by atoms with E-state index in [2.05, 4.69) is 20.9 Å². The van der Waals surface area contributed by atoms with Crippen molar-refractivity contribution in [2.24, 2.45) is 0 Å². The van der Waals surface area contributed by atoms with Crippen LogP contribution >= 0.6 is 15.9 Å². The van der Waals surface area contributed by atoms with Gasteiger partial charge < -0.3 is 9.84 Å². The van der Waals surface area contributed by atoms with Crippen LogP contribution in [0, 0.1) is 0 Å². The van der Waals surface area contributed by atoms with E-state index in [1.807, 2.05) is 16.7 Å². The molecule has 0 aliphatic carbocycles. The minimum absolute atomic E-state index is 0.243. The van der Waals surface area contributed by atoms with Gasteiger partial charge in [0.2, 0.25) is 0 Å². The molecule has 0 amide bonds. The highest BCUT2D eigenvalue weighted by atomic mass is 79.9. The van der Waals surface area contributed by atoms with E-state index in [-0.39, 0.29) is 5.75 Å². The molecule has 1 saturated heterocycles. The molecule has 0 saturated carbocycles. The molecule has 1 aliphatic heterocycles. The van der Waals surface area contributed by atoms with Crippen LogP contribution in [-0.4, -0.2) is 27.7 Å². The second-order valence-corrected chi connectivity index (χ2v) is 4.68. The van der Waals surface area contributed by atoms with E-state index in [1.54, 1.807) is 6.07 Å². The second kappa shape index (κ2) is 3.75. The molecule has 3 heterocycles. The predicted molar refractivity (Wildman–Crippen MR) is 62.7 cm³/mol. The fourth-order valence-corrected chi connectivity index (χ4v) is 2.70. The second-order valence-electron chi connectivity index (χ2n) is 3.93. The molecule has 1 unspecified atom stereocenters. The van der Waals surface area contributed by atoms with E-state index in [1.165, 1.54) is 0 Å². The number of pyridine rings is 1. The van der Waals surface area contributed by atoms with Crippen LogP contribution < -0.4 is 0 Å². The average molecular weight is 283 g/mol. The van der Waals surface area contributed by atoms with E-state index in [4.69, 9.17) is 4.74 Å². The van der Waals surface area contributed by atoms with Crippen LogP contribution in [0.3, 0.4) is 0 Å². The SMILES string of the molecule is Oc1cccn2c(C3CCOC3)nc(Br)c12. The number of ether oxygens (including phenoxy) is 1. The molecular weight excluding hydrogens is 272 g/mol. The molecule has 3 rings (SSSR count). The van der Waals surface area contributed by atoms with Crippen molar-refractivity contribution in [1.29, 1.82) is 0 Å². The number of imidazole rings is 1. The van der Waals surface area contributed by atoms with Gasteiger partial charge in [0, 0.05) is 18.7 Å². The highest BCUT2D eigenvalue weighted by Gasteiger charge is 2.24. The zero-order valence-electron chi connectivity index (χ0n) is 8.56. The average Bonchev–Trinajstić information content (AvgIpc) is 2.86. The van der Waals surface area contributed by atoms with Crippen molar-refractivity contribution >= 4 is 21.4 Å². The van der Waals surface area contributed by atoms with Gasteiger partial charge in [0.1, 0.15) is 21.7 Å². The molecule has 84 valence electrons. The molecule has 0 aromatic carbocycles. The van der Waals surface area contributed by atoms with Gasteiger partial charge in [-0.25, -0.2) is 4.98 Å². The molecule has 1 atom stereocenters. The number of hydrogen-bond donors (Lipinski definition) is 1. The summed E-state index contributed by atoms with van der Waals surface area (Å²) in [5, 5.41) is 9.79. The maximum atomic E-state index is 9.79. The summed E-state index contributed by atoms with van der Waals surface area (Å²) in [6.45, 7) is 1.50. The molecule has 5 heteroatoms. The highest BCUT2D eigenvalue weighted by molar-refractivity contribution is 9.10. The van der Waals surface area contributed by atoms with Crippen molar-refractivity contribution in [3.63, 3.8) is 0 Å². The fourth-order valence-electron chi connectivity index (χ4n) is 2.13. The standard InChI is InChI=1S/C11H11BrN2O2/c12-10-9-8(15)2-1-4-14(9)11(13-10)7-3-5-16-6-7/h1-2,4,7,15H,3,5-6H2. The summed E-state index contributed by atoms with van der Waals surface area (Å²) < 4.78 is 7.99. The molecule has 16 heavy (non-hydrogen) atoms. The summed E-state index contributed by atoms with van der Waals surface area (Å²) in [6, 6.07) is 3.48. The Labute approximate surface area is 101 Å². The monoisotopic (exact) mass is 282 g/mol. The van der Waals surface area contributed by atoms with Crippen molar-refractivity contribution in [2.75, 3.05) is 13.2 Å². The Kier molecular flexibility index (Phi) is 2.37. The van der Waals surface area contributed by atoms with Crippen LogP contribution in [0.25, 0.3) is 5.52 Å². The zero-order chi connectivity index (χ0) is 11.1. The molecule has 2 aromatic heterocycles. The molecule has 1 aliphatic rings. The minimum atomic E-state index is 0.243. The van der Waals surface area contributed by atoms with Gasteiger partial charge in [0.25, 0.3) is 0 Å². The first-order valence-electron chi connectivity index (χ1n) is 5.20. The third kappa shape index (κ3) is 1.43. The number of hydrogen-bond acceptors (Lipinski definition) is 3. The van der Waals surface area contributed by atoms with Gasteiger partial charge in [0.15, 0.2) is 0 Å². The highest BCUT2D eigenvalue weighted by Crippen LogP contribution is 2.32. The van der Waals surface area contributed by atoms with Crippen LogP contribution in [0.4, 0.5) is 0 Å². The Morgan fingerprint density at radius 1 is 1.56 bits per heavy atom. The molecular formula is C11H11BrN2O2. The summed E-state index contributed by atoms with van der Waals surface area (Å²) in [7, 11) is 0. The zero-order valence-corrected chi connectivity index (χ0v) is 10.1. The molecule has 0 spiro atoms. The quantitative estimate of drug-likeness (QED) is 0.873. The number of fused-ring (bicyclic) bond motifs is 1. The molecule has 1 fully saturated rings. The van der Waals surface area contributed by atoms with E-state index >= 15 is 0 Å². The maximum absolute atomic E-state index is 9.79. The van der Waals surface area contributed by atoms with Gasteiger partial charge >= 0.3 is 0 Å².